The van der Waals surface area contributed by atoms with Crippen LogP contribution in [0.15, 0.2) is 42.6 Å². The highest BCUT2D eigenvalue weighted by Gasteiger charge is 2.43. The molecule has 1 amide bonds. The summed E-state index contributed by atoms with van der Waals surface area (Å²) < 4.78 is 1.78. The quantitative estimate of drug-likeness (QED) is 0.762. The zero-order chi connectivity index (χ0) is 12.3. The molecule has 4 nitrogen and oxygen atoms in total. The highest BCUT2D eigenvalue weighted by molar-refractivity contribution is 6.06. The van der Waals surface area contributed by atoms with Crippen molar-refractivity contribution in [3.63, 3.8) is 0 Å². The second-order valence-electron chi connectivity index (χ2n) is 4.78. The lowest BCUT2D eigenvalue weighted by Gasteiger charge is -2.35. The van der Waals surface area contributed by atoms with E-state index in [1.165, 1.54) is 0 Å². The third kappa shape index (κ3) is 1.06. The van der Waals surface area contributed by atoms with E-state index in [0.717, 1.165) is 16.8 Å². The van der Waals surface area contributed by atoms with Gasteiger partial charge in [-0.2, -0.15) is 0 Å². The average molecular weight is 240 g/mol. The smallest absolute Gasteiger partial charge is 0.273 e. The van der Waals surface area contributed by atoms with E-state index in [1.807, 2.05) is 42.6 Å². The molecule has 0 aliphatic carbocycles. The molecule has 0 radical (unpaired) electrons. The maximum atomic E-state index is 12.4. The van der Waals surface area contributed by atoms with Gasteiger partial charge in [0, 0.05) is 18.2 Å². The molecule has 0 fully saturated rings. The Morgan fingerprint density at radius 1 is 1.17 bits per heavy atom. The van der Waals surface area contributed by atoms with Gasteiger partial charge in [-0.3, -0.25) is 9.47 Å². The lowest BCUT2D eigenvalue weighted by atomic mass is 9.98. The normalized spacial score (nSPS) is 24.7. The van der Waals surface area contributed by atoms with Gasteiger partial charge in [0.2, 0.25) is 0 Å². The maximum absolute atomic E-state index is 12.4. The number of aliphatic hydroxyl groups excluding tert-OH is 1. The molecule has 0 saturated heterocycles. The first-order valence-electron chi connectivity index (χ1n) is 6.05. The van der Waals surface area contributed by atoms with Gasteiger partial charge in [0.1, 0.15) is 0 Å². The third-order valence-electron chi connectivity index (χ3n) is 3.83. The fourth-order valence-corrected chi connectivity index (χ4v) is 3.03. The SMILES string of the molecule is O=C1c2ccccc2[C@@H]2C[C@@H](O)c3cccn3N12. The molecule has 0 spiro atoms. The van der Waals surface area contributed by atoms with Crippen LogP contribution in [0.4, 0.5) is 0 Å². The van der Waals surface area contributed by atoms with Crippen LogP contribution in [0, 0.1) is 0 Å². The first kappa shape index (κ1) is 9.91. The van der Waals surface area contributed by atoms with E-state index >= 15 is 0 Å². The summed E-state index contributed by atoms with van der Waals surface area (Å²) in [5.74, 6) is 0.0138. The van der Waals surface area contributed by atoms with Crippen molar-refractivity contribution in [2.75, 3.05) is 5.01 Å². The van der Waals surface area contributed by atoms with Crippen LogP contribution in [0.25, 0.3) is 0 Å². The Morgan fingerprint density at radius 2 is 2.00 bits per heavy atom. The van der Waals surface area contributed by atoms with Crippen molar-refractivity contribution in [2.45, 2.75) is 18.6 Å². The number of fused-ring (bicyclic) bond motifs is 5. The first-order valence-corrected chi connectivity index (χ1v) is 6.05. The van der Waals surface area contributed by atoms with E-state index in [1.54, 1.807) is 9.69 Å². The molecule has 2 aromatic rings. The topological polar surface area (TPSA) is 45.5 Å². The number of benzene rings is 1. The average Bonchev–Trinajstić information content (AvgIpc) is 2.95. The van der Waals surface area contributed by atoms with E-state index < -0.39 is 6.10 Å². The van der Waals surface area contributed by atoms with Gasteiger partial charge in [-0.25, -0.2) is 5.01 Å². The van der Waals surface area contributed by atoms with Gasteiger partial charge < -0.3 is 5.11 Å². The molecule has 0 unspecified atom stereocenters. The third-order valence-corrected chi connectivity index (χ3v) is 3.83. The summed E-state index contributed by atoms with van der Waals surface area (Å²) in [4.78, 5) is 12.4. The molecule has 18 heavy (non-hydrogen) atoms. The Morgan fingerprint density at radius 3 is 2.89 bits per heavy atom. The number of carbonyl (C=O) groups excluding carboxylic acids is 1. The van der Waals surface area contributed by atoms with E-state index in [4.69, 9.17) is 0 Å². The van der Waals surface area contributed by atoms with Crippen LogP contribution in [0.1, 0.15) is 40.2 Å². The molecule has 2 aliphatic rings. The molecule has 4 heteroatoms. The molecule has 2 atom stereocenters. The van der Waals surface area contributed by atoms with E-state index in [-0.39, 0.29) is 11.9 Å². The van der Waals surface area contributed by atoms with Gasteiger partial charge >= 0.3 is 0 Å². The monoisotopic (exact) mass is 240 g/mol. The van der Waals surface area contributed by atoms with Crippen molar-refractivity contribution in [1.82, 2.24) is 4.68 Å². The Kier molecular flexibility index (Phi) is 1.78. The van der Waals surface area contributed by atoms with Crippen molar-refractivity contribution in [2.24, 2.45) is 0 Å². The molecule has 4 rings (SSSR count). The molecule has 1 aromatic carbocycles. The van der Waals surface area contributed by atoms with Crippen LogP contribution >= 0.6 is 0 Å². The standard InChI is InChI=1S/C14H12N2O2/c17-13-8-12-9-4-1-2-5-10(9)14(18)16(12)15-7-3-6-11(13)15/h1-7,12-13,17H,8H2/t12-,13+/m0/s1. The summed E-state index contributed by atoms with van der Waals surface area (Å²) in [7, 11) is 0. The second-order valence-corrected chi connectivity index (χ2v) is 4.78. The number of hydrogen-bond acceptors (Lipinski definition) is 2. The Balaban J connectivity index is 1.95. The van der Waals surface area contributed by atoms with E-state index in [9.17, 15) is 9.90 Å². The zero-order valence-electron chi connectivity index (χ0n) is 9.65. The van der Waals surface area contributed by atoms with Crippen LogP contribution in [0.5, 0.6) is 0 Å². The number of rotatable bonds is 0. The lowest BCUT2D eigenvalue weighted by Crippen LogP contribution is -2.43. The minimum absolute atomic E-state index is 0.0138. The molecule has 2 aliphatic heterocycles. The molecular formula is C14H12N2O2. The summed E-state index contributed by atoms with van der Waals surface area (Å²) in [6, 6.07) is 11.3. The summed E-state index contributed by atoms with van der Waals surface area (Å²) >= 11 is 0. The van der Waals surface area contributed by atoms with Gasteiger partial charge in [0.05, 0.1) is 17.8 Å². The number of amides is 1. The maximum Gasteiger partial charge on any atom is 0.273 e. The van der Waals surface area contributed by atoms with E-state index in [2.05, 4.69) is 0 Å². The van der Waals surface area contributed by atoms with Crippen LogP contribution in [0.2, 0.25) is 0 Å². The molecule has 3 heterocycles. The molecule has 90 valence electrons. The van der Waals surface area contributed by atoms with Gasteiger partial charge in [0.25, 0.3) is 5.91 Å². The van der Waals surface area contributed by atoms with Crippen molar-refractivity contribution in [1.29, 1.82) is 0 Å². The number of aromatic nitrogens is 1. The number of hydrogen-bond donors (Lipinski definition) is 1. The predicted octanol–water partition coefficient (Wildman–Crippen LogP) is 1.76. The predicted molar refractivity (Wildman–Crippen MR) is 65.7 cm³/mol. The van der Waals surface area contributed by atoms with E-state index in [0.29, 0.717) is 6.42 Å². The summed E-state index contributed by atoms with van der Waals surface area (Å²) in [6.07, 6.45) is 1.88. The van der Waals surface area contributed by atoms with Crippen molar-refractivity contribution in [3.05, 3.63) is 59.4 Å². The fourth-order valence-electron chi connectivity index (χ4n) is 3.03. The first-order chi connectivity index (χ1) is 8.77. The molecular weight excluding hydrogens is 228 g/mol. The zero-order valence-corrected chi connectivity index (χ0v) is 9.65. The summed E-state index contributed by atoms with van der Waals surface area (Å²) in [6.45, 7) is 0. The summed E-state index contributed by atoms with van der Waals surface area (Å²) in [5.41, 5.74) is 2.55. The molecule has 1 N–H and O–H groups in total. The Bertz CT molecular complexity index is 647. The molecule has 0 saturated carbocycles. The van der Waals surface area contributed by atoms with Gasteiger partial charge in [0.15, 0.2) is 0 Å². The van der Waals surface area contributed by atoms with Gasteiger partial charge in [-0.05, 0) is 23.8 Å². The highest BCUT2D eigenvalue weighted by atomic mass is 16.3. The van der Waals surface area contributed by atoms with Crippen molar-refractivity contribution < 1.29 is 9.90 Å². The van der Waals surface area contributed by atoms with Gasteiger partial charge in [-0.15, -0.1) is 0 Å². The number of nitrogens with zero attached hydrogens (tertiary/aromatic N) is 2. The Labute approximate surface area is 104 Å². The molecule has 0 bridgehead atoms. The lowest BCUT2D eigenvalue weighted by molar-refractivity contribution is 0.0888. The minimum atomic E-state index is -0.514. The fraction of sp³-hybridized carbons (Fsp3) is 0.214. The molecule has 1 aromatic heterocycles. The highest BCUT2D eigenvalue weighted by Crippen LogP contribution is 2.42. The second kappa shape index (κ2) is 3.23. The van der Waals surface area contributed by atoms with Crippen LogP contribution in [-0.4, -0.2) is 15.7 Å². The summed E-state index contributed by atoms with van der Waals surface area (Å²) in [5, 5.41) is 11.9. The Hall–Kier alpha value is -2.07. The number of aliphatic hydroxyl groups is 1. The van der Waals surface area contributed by atoms with Crippen LogP contribution < -0.4 is 5.01 Å². The van der Waals surface area contributed by atoms with Crippen LogP contribution in [0.3, 0.4) is 0 Å². The number of carbonyl (C=O) groups is 1. The van der Waals surface area contributed by atoms with Crippen molar-refractivity contribution >= 4 is 5.91 Å². The largest absolute Gasteiger partial charge is 0.387 e. The van der Waals surface area contributed by atoms with Crippen molar-refractivity contribution in [3.8, 4) is 0 Å². The van der Waals surface area contributed by atoms with Crippen LogP contribution in [-0.2, 0) is 0 Å². The van der Waals surface area contributed by atoms with Gasteiger partial charge in [-0.1, -0.05) is 18.2 Å². The minimum Gasteiger partial charge on any atom is -0.387 e.